The first-order valence-electron chi connectivity index (χ1n) is 6.20. The van der Waals surface area contributed by atoms with Gasteiger partial charge in [-0.05, 0) is 24.5 Å². The fourth-order valence-corrected chi connectivity index (χ4v) is 1.98. The SMILES string of the molecule is COc1ccccc1-n1nnc(C=O)c1CC(C)C. The highest BCUT2D eigenvalue weighted by atomic mass is 16.5. The number of carbonyl (C=O) groups excluding carboxylic acids is 1. The highest BCUT2D eigenvalue weighted by Crippen LogP contribution is 2.24. The molecule has 0 spiro atoms. The van der Waals surface area contributed by atoms with Crippen LogP contribution in [-0.4, -0.2) is 28.4 Å². The molecule has 0 aliphatic heterocycles. The van der Waals surface area contributed by atoms with Crippen LogP contribution in [0.3, 0.4) is 0 Å². The molecule has 1 aromatic heterocycles. The lowest BCUT2D eigenvalue weighted by atomic mass is 10.1. The summed E-state index contributed by atoms with van der Waals surface area (Å²) >= 11 is 0. The molecule has 0 bridgehead atoms. The van der Waals surface area contributed by atoms with Gasteiger partial charge in [0.05, 0.1) is 12.8 Å². The van der Waals surface area contributed by atoms with Crippen LogP contribution in [-0.2, 0) is 6.42 Å². The van der Waals surface area contributed by atoms with Gasteiger partial charge in [0, 0.05) is 0 Å². The Kier molecular flexibility index (Phi) is 3.94. The normalized spacial score (nSPS) is 10.7. The summed E-state index contributed by atoms with van der Waals surface area (Å²) in [4.78, 5) is 11.1. The van der Waals surface area contributed by atoms with E-state index in [0.29, 0.717) is 17.4 Å². The number of methoxy groups -OCH3 is 1. The molecule has 0 saturated heterocycles. The molecule has 0 unspecified atom stereocenters. The average molecular weight is 259 g/mol. The van der Waals surface area contributed by atoms with E-state index in [1.165, 1.54) is 0 Å². The Morgan fingerprint density at radius 3 is 2.74 bits per heavy atom. The van der Waals surface area contributed by atoms with Crippen LogP contribution in [0.15, 0.2) is 24.3 Å². The van der Waals surface area contributed by atoms with Gasteiger partial charge in [0.25, 0.3) is 0 Å². The average Bonchev–Trinajstić information content (AvgIpc) is 2.80. The molecule has 0 aliphatic carbocycles. The number of aldehydes is 1. The number of carbonyl (C=O) groups is 1. The first-order chi connectivity index (χ1) is 9.17. The molecule has 0 aliphatic rings. The molecule has 19 heavy (non-hydrogen) atoms. The molecule has 0 saturated carbocycles. The third kappa shape index (κ3) is 2.65. The van der Waals surface area contributed by atoms with Crippen molar-refractivity contribution in [2.75, 3.05) is 7.11 Å². The molecule has 100 valence electrons. The van der Waals surface area contributed by atoms with Gasteiger partial charge in [-0.25, -0.2) is 4.68 Å². The maximum Gasteiger partial charge on any atom is 0.172 e. The zero-order valence-electron chi connectivity index (χ0n) is 11.3. The number of ether oxygens (including phenoxy) is 1. The van der Waals surface area contributed by atoms with Crippen LogP contribution >= 0.6 is 0 Å². The van der Waals surface area contributed by atoms with Crippen LogP contribution in [0, 0.1) is 5.92 Å². The highest BCUT2D eigenvalue weighted by Gasteiger charge is 2.17. The van der Waals surface area contributed by atoms with Crippen molar-refractivity contribution in [1.82, 2.24) is 15.0 Å². The summed E-state index contributed by atoms with van der Waals surface area (Å²) in [7, 11) is 1.61. The van der Waals surface area contributed by atoms with Gasteiger partial charge in [-0.3, -0.25) is 4.79 Å². The molecular formula is C14H17N3O2. The van der Waals surface area contributed by atoms with E-state index in [1.54, 1.807) is 11.8 Å². The summed E-state index contributed by atoms with van der Waals surface area (Å²) in [5, 5.41) is 8.00. The summed E-state index contributed by atoms with van der Waals surface area (Å²) in [5.41, 5.74) is 2.00. The zero-order chi connectivity index (χ0) is 13.8. The van der Waals surface area contributed by atoms with Crippen molar-refractivity contribution >= 4 is 6.29 Å². The summed E-state index contributed by atoms with van der Waals surface area (Å²) < 4.78 is 7.01. The maximum absolute atomic E-state index is 11.1. The standard InChI is InChI=1S/C14H17N3O2/c1-10(2)8-13-11(9-18)15-16-17(13)12-6-4-5-7-14(12)19-3/h4-7,9-10H,8H2,1-3H3. The predicted octanol–water partition coefficient (Wildman–Crippen LogP) is 2.29. The Bertz CT molecular complexity index is 576. The first kappa shape index (κ1) is 13.3. The Hall–Kier alpha value is -2.17. The largest absolute Gasteiger partial charge is 0.494 e. The van der Waals surface area contributed by atoms with Gasteiger partial charge < -0.3 is 4.74 Å². The van der Waals surface area contributed by atoms with Gasteiger partial charge >= 0.3 is 0 Å². The molecule has 2 aromatic rings. The minimum absolute atomic E-state index is 0.389. The predicted molar refractivity (Wildman–Crippen MR) is 71.8 cm³/mol. The van der Waals surface area contributed by atoms with Gasteiger partial charge in [-0.2, -0.15) is 0 Å². The van der Waals surface area contributed by atoms with Crippen LogP contribution in [0.5, 0.6) is 5.75 Å². The van der Waals surface area contributed by atoms with E-state index in [9.17, 15) is 4.79 Å². The number of hydrogen-bond donors (Lipinski definition) is 0. The van der Waals surface area contributed by atoms with Crippen molar-refractivity contribution in [2.45, 2.75) is 20.3 Å². The molecular weight excluding hydrogens is 242 g/mol. The van der Waals surface area contributed by atoms with Crippen LogP contribution in [0.25, 0.3) is 5.69 Å². The van der Waals surface area contributed by atoms with Gasteiger partial charge in [0.2, 0.25) is 0 Å². The van der Waals surface area contributed by atoms with Crippen LogP contribution < -0.4 is 4.74 Å². The summed E-state index contributed by atoms with van der Waals surface area (Å²) in [6, 6.07) is 7.55. The quantitative estimate of drug-likeness (QED) is 0.773. The zero-order valence-corrected chi connectivity index (χ0v) is 11.3. The number of para-hydroxylation sites is 2. The van der Waals surface area contributed by atoms with E-state index >= 15 is 0 Å². The molecule has 0 fully saturated rings. The Labute approximate surface area is 112 Å². The number of benzene rings is 1. The van der Waals surface area contributed by atoms with E-state index in [0.717, 1.165) is 24.1 Å². The van der Waals surface area contributed by atoms with Crippen molar-refractivity contribution < 1.29 is 9.53 Å². The smallest absolute Gasteiger partial charge is 0.172 e. The fourth-order valence-electron chi connectivity index (χ4n) is 1.98. The molecule has 5 heteroatoms. The van der Waals surface area contributed by atoms with Crippen molar-refractivity contribution in [3.63, 3.8) is 0 Å². The van der Waals surface area contributed by atoms with E-state index in [2.05, 4.69) is 24.2 Å². The van der Waals surface area contributed by atoms with E-state index in [4.69, 9.17) is 4.74 Å². The van der Waals surface area contributed by atoms with Gasteiger partial charge in [0.15, 0.2) is 6.29 Å². The van der Waals surface area contributed by atoms with Crippen molar-refractivity contribution in [1.29, 1.82) is 0 Å². The molecule has 2 rings (SSSR count). The van der Waals surface area contributed by atoms with Gasteiger partial charge in [-0.15, -0.1) is 5.10 Å². The molecule has 0 amide bonds. The summed E-state index contributed by atoms with van der Waals surface area (Å²) in [6.07, 6.45) is 1.48. The van der Waals surface area contributed by atoms with Crippen LogP contribution in [0.1, 0.15) is 30.0 Å². The van der Waals surface area contributed by atoms with E-state index in [1.807, 2.05) is 24.3 Å². The highest BCUT2D eigenvalue weighted by molar-refractivity contribution is 5.73. The lowest BCUT2D eigenvalue weighted by Crippen LogP contribution is -2.08. The third-order valence-corrected chi connectivity index (χ3v) is 2.82. The number of nitrogens with zero attached hydrogens (tertiary/aromatic N) is 3. The second kappa shape index (κ2) is 5.65. The number of rotatable bonds is 5. The van der Waals surface area contributed by atoms with Crippen LogP contribution in [0.4, 0.5) is 0 Å². The van der Waals surface area contributed by atoms with Crippen molar-refractivity contribution in [2.24, 2.45) is 5.92 Å². The second-order valence-corrected chi connectivity index (χ2v) is 4.72. The Morgan fingerprint density at radius 1 is 1.37 bits per heavy atom. The van der Waals surface area contributed by atoms with E-state index in [-0.39, 0.29) is 0 Å². The molecule has 5 nitrogen and oxygen atoms in total. The molecule has 0 atom stereocenters. The van der Waals surface area contributed by atoms with Crippen molar-refractivity contribution in [3.05, 3.63) is 35.7 Å². The molecule has 1 aromatic carbocycles. The summed E-state index contributed by atoms with van der Waals surface area (Å²) in [6.45, 7) is 4.18. The minimum Gasteiger partial charge on any atom is -0.494 e. The minimum atomic E-state index is 0.389. The molecule has 0 N–H and O–H groups in total. The summed E-state index contributed by atoms with van der Waals surface area (Å²) in [5.74, 6) is 1.11. The third-order valence-electron chi connectivity index (χ3n) is 2.82. The van der Waals surface area contributed by atoms with Crippen LogP contribution in [0.2, 0.25) is 0 Å². The topological polar surface area (TPSA) is 57.0 Å². The number of aromatic nitrogens is 3. The maximum atomic E-state index is 11.1. The first-order valence-corrected chi connectivity index (χ1v) is 6.20. The monoisotopic (exact) mass is 259 g/mol. The molecule has 1 heterocycles. The van der Waals surface area contributed by atoms with Crippen molar-refractivity contribution in [3.8, 4) is 11.4 Å². The lowest BCUT2D eigenvalue weighted by molar-refractivity contribution is 0.111. The van der Waals surface area contributed by atoms with E-state index < -0.39 is 0 Å². The fraction of sp³-hybridized carbons (Fsp3) is 0.357. The second-order valence-electron chi connectivity index (χ2n) is 4.72. The molecule has 0 radical (unpaired) electrons. The Balaban J connectivity index is 2.55. The van der Waals surface area contributed by atoms with Gasteiger partial charge in [0.1, 0.15) is 17.1 Å². The lowest BCUT2D eigenvalue weighted by Gasteiger charge is -2.11. The van der Waals surface area contributed by atoms with Gasteiger partial charge in [-0.1, -0.05) is 31.2 Å². The number of hydrogen-bond acceptors (Lipinski definition) is 4. The Morgan fingerprint density at radius 2 is 2.11 bits per heavy atom.